The number of hydrogen-bond donors (Lipinski definition) is 1. The predicted molar refractivity (Wildman–Crippen MR) is 69.0 cm³/mol. The van der Waals surface area contributed by atoms with Crippen LogP contribution in [-0.2, 0) is 12.0 Å². The highest BCUT2D eigenvalue weighted by molar-refractivity contribution is 7.10. The molecule has 0 atom stereocenters. The molecule has 5 heteroatoms. The molecular formula is C11H15N3S2. The molecule has 2 heterocycles. The summed E-state index contributed by atoms with van der Waals surface area (Å²) in [6.07, 6.45) is 0. The highest BCUT2D eigenvalue weighted by atomic mass is 32.1. The molecule has 0 radical (unpaired) electrons. The van der Waals surface area contributed by atoms with Gasteiger partial charge in [-0.1, -0.05) is 24.4 Å². The van der Waals surface area contributed by atoms with Gasteiger partial charge in [0.25, 0.3) is 0 Å². The standard InChI is InChI=1S/C11H15N3S2/c1-11(2,10-4-3-5-15-10)8-12-6-9-7-16-14-13-9/h3-5,7,12H,6,8H2,1-2H3. The first-order valence-corrected chi connectivity index (χ1v) is 6.91. The fourth-order valence-electron chi connectivity index (χ4n) is 1.51. The largest absolute Gasteiger partial charge is 0.310 e. The number of thiophene rings is 1. The van der Waals surface area contributed by atoms with Crippen molar-refractivity contribution in [2.75, 3.05) is 6.54 Å². The zero-order chi connectivity index (χ0) is 11.4. The highest BCUT2D eigenvalue weighted by Crippen LogP contribution is 2.26. The first-order valence-electron chi connectivity index (χ1n) is 5.19. The summed E-state index contributed by atoms with van der Waals surface area (Å²) >= 11 is 3.21. The van der Waals surface area contributed by atoms with Gasteiger partial charge < -0.3 is 5.32 Å². The molecule has 3 nitrogen and oxygen atoms in total. The quantitative estimate of drug-likeness (QED) is 0.890. The number of rotatable bonds is 5. The van der Waals surface area contributed by atoms with Crippen molar-refractivity contribution in [2.24, 2.45) is 0 Å². The molecule has 0 aliphatic carbocycles. The summed E-state index contributed by atoms with van der Waals surface area (Å²) in [4.78, 5) is 1.41. The molecule has 0 unspecified atom stereocenters. The maximum atomic E-state index is 4.01. The molecule has 0 amide bonds. The van der Waals surface area contributed by atoms with E-state index < -0.39 is 0 Å². The van der Waals surface area contributed by atoms with E-state index in [1.165, 1.54) is 16.4 Å². The van der Waals surface area contributed by atoms with Crippen LogP contribution in [0.3, 0.4) is 0 Å². The van der Waals surface area contributed by atoms with Crippen molar-refractivity contribution in [3.63, 3.8) is 0 Å². The van der Waals surface area contributed by atoms with Crippen LogP contribution in [0.1, 0.15) is 24.4 Å². The topological polar surface area (TPSA) is 37.8 Å². The Bertz CT molecular complexity index is 406. The van der Waals surface area contributed by atoms with Crippen LogP contribution < -0.4 is 5.32 Å². The van der Waals surface area contributed by atoms with Crippen LogP contribution in [0.2, 0.25) is 0 Å². The number of aromatic nitrogens is 2. The van der Waals surface area contributed by atoms with Crippen molar-refractivity contribution in [1.82, 2.24) is 14.9 Å². The van der Waals surface area contributed by atoms with E-state index >= 15 is 0 Å². The lowest BCUT2D eigenvalue weighted by Crippen LogP contribution is -2.31. The summed E-state index contributed by atoms with van der Waals surface area (Å²) in [6.45, 7) is 6.26. The average Bonchev–Trinajstić information content (AvgIpc) is 2.90. The van der Waals surface area contributed by atoms with Crippen molar-refractivity contribution < 1.29 is 0 Å². The van der Waals surface area contributed by atoms with Gasteiger partial charge in [0.05, 0.1) is 5.69 Å². The molecule has 0 bridgehead atoms. The minimum Gasteiger partial charge on any atom is -0.310 e. The van der Waals surface area contributed by atoms with Crippen molar-refractivity contribution in [2.45, 2.75) is 25.8 Å². The molecule has 0 aliphatic heterocycles. The minimum atomic E-state index is 0.178. The Morgan fingerprint density at radius 3 is 2.94 bits per heavy atom. The van der Waals surface area contributed by atoms with Gasteiger partial charge in [0.1, 0.15) is 0 Å². The van der Waals surface area contributed by atoms with Crippen LogP contribution in [0, 0.1) is 0 Å². The fraction of sp³-hybridized carbons (Fsp3) is 0.455. The van der Waals surface area contributed by atoms with E-state index in [1.807, 2.05) is 16.7 Å². The van der Waals surface area contributed by atoms with Gasteiger partial charge in [0, 0.05) is 28.8 Å². The van der Waals surface area contributed by atoms with Crippen LogP contribution in [0.15, 0.2) is 22.9 Å². The van der Waals surface area contributed by atoms with E-state index in [0.717, 1.165) is 18.8 Å². The Morgan fingerprint density at radius 2 is 2.31 bits per heavy atom. The third kappa shape index (κ3) is 2.87. The number of hydrogen-bond acceptors (Lipinski definition) is 5. The average molecular weight is 253 g/mol. The molecule has 0 aliphatic rings. The maximum Gasteiger partial charge on any atom is 0.0893 e. The second kappa shape index (κ2) is 5.03. The molecule has 0 aromatic carbocycles. The Labute approximate surface area is 104 Å². The second-order valence-electron chi connectivity index (χ2n) is 4.36. The predicted octanol–water partition coefficient (Wildman–Crippen LogP) is 2.67. The summed E-state index contributed by atoms with van der Waals surface area (Å²) in [7, 11) is 0. The van der Waals surface area contributed by atoms with Gasteiger partial charge >= 0.3 is 0 Å². The van der Waals surface area contributed by atoms with E-state index in [4.69, 9.17) is 0 Å². The summed E-state index contributed by atoms with van der Waals surface area (Å²) in [5.74, 6) is 0. The molecule has 0 fully saturated rings. The SMILES string of the molecule is CC(C)(CNCc1csnn1)c1cccs1. The molecule has 1 N–H and O–H groups in total. The summed E-state index contributed by atoms with van der Waals surface area (Å²) < 4.78 is 3.84. The van der Waals surface area contributed by atoms with E-state index in [0.29, 0.717) is 0 Å². The van der Waals surface area contributed by atoms with Gasteiger partial charge in [0.15, 0.2) is 0 Å². The zero-order valence-electron chi connectivity index (χ0n) is 9.43. The Hall–Kier alpha value is -0.780. The van der Waals surface area contributed by atoms with Gasteiger partial charge in [-0.25, -0.2) is 0 Å². The Kier molecular flexibility index (Phi) is 3.68. The highest BCUT2D eigenvalue weighted by Gasteiger charge is 2.20. The Morgan fingerprint density at radius 1 is 1.44 bits per heavy atom. The molecule has 0 saturated carbocycles. The molecule has 0 saturated heterocycles. The van der Waals surface area contributed by atoms with Crippen LogP contribution in [0.4, 0.5) is 0 Å². The summed E-state index contributed by atoms with van der Waals surface area (Å²) in [5, 5.41) is 11.5. The normalized spacial score (nSPS) is 11.9. The van der Waals surface area contributed by atoms with Crippen LogP contribution in [-0.4, -0.2) is 16.1 Å². The lowest BCUT2D eigenvalue weighted by molar-refractivity contribution is 0.474. The van der Waals surface area contributed by atoms with Gasteiger partial charge in [-0.2, -0.15) is 0 Å². The zero-order valence-corrected chi connectivity index (χ0v) is 11.1. The first-order chi connectivity index (χ1) is 7.68. The fourth-order valence-corrected chi connectivity index (χ4v) is 2.82. The van der Waals surface area contributed by atoms with Crippen molar-refractivity contribution >= 4 is 22.9 Å². The van der Waals surface area contributed by atoms with E-state index in [1.54, 1.807) is 0 Å². The lowest BCUT2D eigenvalue weighted by Gasteiger charge is -2.23. The van der Waals surface area contributed by atoms with Crippen LogP contribution in [0.25, 0.3) is 0 Å². The third-order valence-electron chi connectivity index (χ3n) is 2.47. The molecule has 2 rings (SSSR count). The van der Waals surface area contributed by atoms with Crippen molar-refractivity contribution in [1.29, 1.82) is 0 Å². The van der Waals surface area contributed by atoms with Crippen molar-refractivity contribution in [3.8, 4) is 0 Å². The summed E-state index contributed by atoms with van der Waals surface area (Å²) in [6, 6.07) is 4.29. The lowest BCUT2D eigenvalue weighted by atomic mass is 9.91. The minimum absolute atomic E-state index is 0.178. The molecule has 2 aromatic heterocycles. The van der Waals surface area contributed by atoms with E-state index in [-0.39, 0.29) is 5.41 Å². The van der Waals surface area contributed by atoms with Gasteiger partial charge in [-0.3, -0.25) is 0 Å². The molecule has 16 heavy (non-hydrogen) atoms. The molecule has 2 aromatic rings. The van der Waals surface area contributed by atoms with Gasteiger partial charge in [-0.05, 0) is 23.0 Å². The number of nitrogens with zero attached hydrogens (tertiary/aromatic N) is 2. The molecule has 0 spiro atoms. The second-order valence-corrected chi connectivity index (χ2v) is 5.92. The van der Waals surface area contributed by atoms with E-state index in [9.17, 15) is 0 Å². The van der Waals surface area contributed by atoms with Crippen LogP contribution >= 0.6 is 22.9 Å². The molecular weight excluding hydrogens is 238 g/mol. The number of nitrogens with one attached hydrogen (secondary N) is 1. The van der Waals surface area contributed by atoms with Crippen molar-refractivity contribution in [3.05, 3.63) is 33.5 Å². The van der Waals surface area contributed by atoms with Gasteiger partial charge in [0.2, 0.25) is 0 Å². The van der Waals surface area contributed by atoms with Gasteiger partial charge in [-0.15, -0.1) is 16.4 Å². The first kappa shape index (κ1) is 11.7. The van der Waals surface area contributed by atoms with Crippen LogP contribution in [0.5, 0.6) is 0 Å². The third-order valence-corrected chi connectivity index (χ3v) is 4.26. The van der Waals surface area contributed by atoms with E-state index in [2.05, 4.69) is 46.3 Å². The molecule has 86 valence electrons. The summed E-state index contributed by atoms with van der Waals surface area (Å²) in [5.41, 5.74) is 1.20. The smallest absolute Gasteiger partial charge is 0.0893 e. The monoisotopic (exact) mass is 253 g/mol. The Balaban J connectivity index is 1.85. The maximum absolute atomic E-state index is 4.01.